The van der Waals surface area contributed by atoms with Gasteiger partial charge in [-0.15, -0.1) is 0 Å². The Bertz CT molecular complexity index is 310. The van der Waals surface area contributed by atoms with Crippen LogP contribution in [0, 0.1) is 0 Å². The van der Waals surface area contributed by atoms with Crippen molar-refractivity contribution in [3.8, 4) is 0 Å². The van der Waals surface area contributed by atoms with Crippen LogP contribution in [-0.4, -0.2) is 6.04 Å². The van der Waals surface area contributed by atoms with Gasteiger partial charge in [0, 0.05) is 17.1 Å². The first kappa shape index (κ1) is 9.50. The summed E-state index contributed by atoms with van der Waals surface area (Å²) in [5.74, 6) is 0. The Hall–Kier alpha value is -0.0500. The van der Waals surface area contributed by atoms with E-state index in [1.807, 2.05) is 12.1 Å². The fraction of sp³-hybridized carbons (Fsp3) is 0.400. The van der Waals surface area contributed by atoms with E-state index in [-0.39, 0.29) is 0 Å². The van der Waals surface area contributed by atoms with E-state index in [0.29, 0.717) is 0 Å². The lowest BCUT2D eigenvalue weighted by molar-refractivity contribution is 0.688. The molecule has 1 aromatic carbocycles. The van der Waals surface area contributed by atoms with Crippen molar-refractivity contribution in [3.63, 3.8) is 0 Å². The number of hydrogen-bond acceptors (Lipinski definition) is 1. The lowest BCUT2D eigenvalue weighted by Gasteiger charge is -2.06. The van der Waals surface area contributed by atoms with Gasteiger partial charge in [-0.05, 0) is 40.4 Å². The second kappa shape index (κ2) is 3.99. The SMILES string of the molecule is Clc1c(Br)cccc1CNC1CC1. The molecule has 1 fully saturated rings. The largest absolute Gasteiger partial charge is 0.310 e. The fourth-order valence-corrected chi connectivity index (χ4v) is 1.83. The maximum atomic E-state index is 6.11. The molecule has 0 heterocycles. The van der Waals surface area contributed by atoms with E-state index in [4.69, 9.17) is 11.6 Å². The van der Waals surface area contributed by atoms with Gasteiger partial charge in [-0.3, -0.25) is 0 Å². The molecule has 1 saturated carbocycles. The summed E-state index contributed by atoms with van der Waals surface area (Å²) < 4.78 is 0.976. The van der Waals surface area contributed by atoms with E-state index in [2.05, 4.69) is 27.3 Å². The van der Waals surface area contributed by atoms with Gasteiger partial charge in [0.15, 0.2) is 0 Å². The summed E-state index contributed by atoms with van der Waals surface area (Å²) in [4.78, 5) is 0. The van der Waals surface area contributed by atoms with Crippen molar-refractivity contribution in [1.29, 1.82) is 0 Å². The first-order chi connectivity index (χ1) is 6.27. The minimum Gasteiger partial charge on any atom is -0.310 e. The number of halogens is 2. The molecule has 0 saturated heterocycles. The average Bonchev–Trinajstić information content (AvgIpc) is 2.91. The molecule has 0 unspecified atom stereocenters. The van der Waals surface area contributed by atoms with Crippen molar-refractivity contribution < 1.29 is 0 Å². The van der Waals surface area contributed by atoms with Crippen LogP contribution in [0.3, 0.4) is 0 Å². The third kappa shape index (κ3) is 2.46. The second-order valence-corrected chi connectivity index (χ2v) is 4.60. The molecule has 1 N–H and O–H groups in total. The van der Waals surface area contributed by atoms with Gasteiger partial charge in [-0.2, -0.15) is 0 Å². The van der Waals surface area contributed by atoms with E-state index in [1.54, 1.807) is 0 Å². The second-order valence-electron chi connectivity index (χ2n) is 3.37. The van der Waals surface area contributed by atoms with Gasteiger partial charge in [-0.25, -0.2) is 0 Å². The molecule has 0 radical (unpaired) electrons. The van der Waals surface area contributed by atoms with Crippen molar-refractivity contribution in [3.05, 3.63) is 33.3 Å². The van der Waals surface area contributed by atoms with Crippen LogP contribution in [0.2, 0.25) is 5.02 Å². The molecule has 0 spiro atoms. The zero-order chi connectivity index (χ0) is 9.26. The quantitative estimate of drug-likeness (QED) is 0.879. The highest BCUT2D eigenvalue weighted by molar-refractivity contribution is 9.10. The Morgan fingerprint density at radius 2 is 2.23 bits per heavy atom. The first-order valence-electron chi connectivity index (χ1n) is 4.43. The van der Waals surface area contributed by atoms with Gasteiger partial charge in [-0.1, -0.05) is 23.7 Å². The molecular formula is C10H11BrClN. The Kier molecular flexibility index (Phi) is 2.92. The average molecular weight is 261 g/mol. The lowest BCUT2D eigenvalue weighted by atomic mass is 10.2. The van der Waals surface area contributed by atoms with E-state index in [1.165, 1.54) is 18.4 Å². The Morgan fingerprint density at radius 3 is 2.92 bits per heavy atom. The van der Waals surface area contributed by atoms with Gasteiger partial charge in [0.25, 0.3) is 0 Å². The predicted molar refractivity (Wildman–Crippen MR) is 59.0 cm³/mol. The van der Waals surface area contributed by atoms with Gasteiger partial charge in [0.2, 0.25) is 0 Å². The standard InChI is InChI=1S/C10H11BrClN/c11-9-3-1-2-7(10(9)12)6-13-8-4-5-8/h1-3,8,13H,4-6H2. The number of nitrogens with one attached hydrogen (secondary N) is 1. The van der Waals surface area contributed by atoms with Crippen LogP contribution in [0.5, 0.6) is 0 Å². The normalized spacial score (nSPS) is 16.2. The van der Waals surface area contributed by atoms with Crippen LogP contribution in [0.4, 0.5) is 0 Å². The fourth-order valence-electron chi connectivity index (χ4n) is 1.23. The van der Waals surface area contributed by atoms with Crippen molar-refractivity contribution in [2.45, 2.75) is 25.4 Å². The number of rotatable bonds is 3. The van der Waals surface area contributed by atoms with Crippen molar-refractivity contribution in [1.82, 2.24) is 5.32 Å². The van der Waals surface area contributed by atoms with E-state index >= 15 is 0 Å². The van der Waals surface area contributed by atoms with E-state index in [9.17, 15) is 0 Å². The summed E-state index contributed by atoms with van der Waals surface area (Å²) in [5, 5.41) is 4.26. The molecule has 1 aliphatic carbocycles. The monoisotopic (exact) mass is 259 g/mol. The topological polar surface area (TPSA) is 12.0 Å². The van der Waals surface area contributed by atoms with Crippen LogP contribution >= 0.6 is 27.5 Å². The molecule has 1 nitrogen and oxygen atoms in total. The summed E-state index contributed by atoms with van der Waals surface area (Å²) in [6.07, 6.45) is 2.62. The van der Waals surface area contributed by atoms with Crippen LogP contribution in [0.1, 0.15) is 18.4 Å². The van der Waals surface area contributed by atoms with Gasteiger partial charge in [0.1, 0.15) is 0 Å². The summed E-state index contributed by atoms with van der Waals surface area (Å²) in [6, 6.07) is 6.76. The predicted octanol–water partition coefficient (Wildman–Crippen LogP) is 3.35. The van der Waals surface area contributed by atoms with E-state index < -0.39 is 0 Å². The highest BCUT2D eigenvalue weighted by Crippen LogP contribution is 2.27. The molecule has 0 aliphatic heterocycles. The van der Waals surface area contributed by atoms with Crippen LogP contribution in [0.25, 0.3) is 0 Å². The maximum Gasteiger partial charge on any atom is 0.0592 e. The number of benzene rings is 1. The molecule has 0 atom stereocenters. The zero-order valence-electron chi connectivity index (χ0n) is 7.19. The third-order valence-electron chi connectivity index (χ3n) is 2.19. The molecule has 0 bridgehead atoms. The van der Waals surface area contributed by atoms with Gasteiger partial charge >= 0.3 is 0 Å². The zero-order valence-corrected chi connectivity index (χ0v) is 9.53. The highest BCUT2D eigenvalue weighted by Gasteiger charge is 2.20. The maximum absolute atomic E-state index is 6.11. The van der Waals surface area contributed by atoms with Crippen molar-refractivity contribution in [2.24, 2.45) is 0 Å². The molecule has 0 amide bonds. The molecular weight excluding hydrogens is 249 g/mol. The summed E-state index contributed by atoms with van der Waals surface area (Å²) in [5.41, 5.74) is 1.17. The third-order valence-corrected chi connectivity index (χ3v) is 3.53. The van der Waals surface area contributed by atoms with E-state index in [0.717, 1.165) is 22.1 Å². The Balaban J connectivity index is 2.05. The highest BCUT2D eigenvalue weighted by atomic mass is 79.9. The minimum atomic E-state index is 0.732. The lowest BCUT2D eigenvalue weighted by Crippen LogP contribution is -2.15. The Labute approximate surface area is 91.6 Å². The van der Waals surface area contributed by atoms with Crippen molar-refractivity contribution >= 4 is 27.5 Å². The van der Waals surface area contributed by atoms with Crippen LogP contribution in [0.15, 0.2) is 22.7 Å². The Morgan fingerprint density at radius 1 is 1.46 bits per heavy atom. The first-order valence-corrected chi connectivity index (χ1v) is 5.61. The molecule has 3 heteroatoms. The van der Waals surface area contributed by atoms with Gasteiger partial charge < -0.3 is 5.32 Å². The van der Waals surface area contributed by atoms with Crippen molar-refractivity contribution in [2.75, 3.05) is 0 Å². The molecule has 70 valence electrons. The van der Waals surface area contributed by atoms with Crippen LogP contribution in [-0.2, 0) is 6.54 Å². The molecule has 0 aromatic heterocycles. The van der Waals surface area contributed by atoms with Crippen LogP contribution < -0.4 is 5.32 Å². The molecule has 13 heavy (non-hydrogen) atoms. The van der Waals surface area contributed by atoms with Gasteiger partial charge in [0.05, 0.1) is 5.02 Å². The smallest absolute Gasteiger partial charge is 0.0592 e. The summed E-state index contributed by atoms with van der Waals surface area (Å²) in [7, 11) is 0. The molecule has 2 rings (SSSR count). The number of hydrogen-bond donors (Lipinski definition) is 1. The summed E-state index contributed by atoms with van der Waals surface area (Å²) >= 11 is 9.52. The molecule has 1 aliphatic rings. The summed E-state index contributed by atoms with van der Waals surface area (Å²) in [6.45, 7) is 0.878. The minimum absolute atomic E-state index is 0.732. The molecule has 1 aromatic rings.